The summed E-state index contributed by atoms with van der Waals surface area (Å²) >= 11 is 0. The van der Waals surface area contributed by atoms with Crippen LogP contribution < -0.4 is 5.32 Å². The minimum atomic E-state index is 0.289. The van der Waals surface area contributed by atoms with Crippen molar-refractivity contribution in [3.05, 3.63) is 46.5 Å². The Morgan fingerprint density at radius 1 is 1.10 bits per heavy atom. The molecule has 2 aromatic rings. The van der Waals surface area contributed by atoms with Crippen LogP contribution in [0.1, 0.15) is 41.3 Å². The molecule has 20 heavy (non-hydrogen) atoms. The first kappa shape index (κ1) is 14.7. The monoisotopic (exact) mass is 272 g/mol. The van der Waals surface area contributed by atoms with Gasteiger partial charge in [-0.2, -0.15) is 5.10 Å². The first-order valence-electron chi connectivity index (χ1n) is 7.19. The Morgan fingerprint density at radius 3 is 2.30 bits per heavy atom. The molecule has 0 saturated carbocycles. The third-order valence-electron chi connectivity index (χ3n) is 3.55. The van der Waals surface area contributed by atoms with Gasteiger partial charge in [-0.25, -0.2) is 0 Å². The lowest BCUT2D eigenvalue weighted by Gasteiger charge is -2.18. The quantitative estimate of drug-likeness (QED) is 0.910. The van der Waals surface area contributed by atoms with Crippen LogP contribution in [0.2, 0.25) is 0 Å². The van der Waals surface area contributed by atoms with Crippen molar-refractivity contribution in [2.24, 2.45) is 0 Å². The fraction of sp³-hybridized carbons (Fsp3) is 0.500. The molecule has 0 spiro atoms. The third-order valence-corrected chi connectivity index (χ3v) is 3.55. The molecule has 2 rings (SSSR count). The molecule has 1 N–H and O–H groups in total. The number of pyridine rings is 1. The van der Waals surface area contributed by atoms with E-state index in [9.17, 15) is 0 Å². The molecule has 108 valence electrons. The topological polar surface area (TPSA) is 42.7 Å². The van der Waals surface area contributed by atoms with Crippen LogP contribution in [0.3, 0.4) is 0 Å². The number of nitrogens with zero attached hydrogens (tertiary/aromatic N) is 3. The van der Waals surface area contributed by atoms with Gasteiger partial charge in [0.25, 0.3) is 0 Å². The van der Waals surface area contributed by atoms with Crippen LogP contribution in [-0.2, 0) is 13.0 Å². The molecule has 4 heteroatoms. The number of aromatic nitrogens is 3. The van der Waals surface area contributed by atoms with Gasteiger partial charge in [0, 0.05) is 36.1 Å². The second-order valence-electron chi connectivity index (χ2n) is 5.32. The summed E-state index contributed by atoms with van der Waals surface area (Å²) in [5, 5.41) is 7.93. The molecule has 4 nitrogen and oxygen atoms in total. The van der Waals surface area contributed by atoms with Crippen LogP contribution >= 0.6 is 0 Å². The SMILES string of the molecule is CCn1nc(C)cc1CC(NC)c1cc(C)nc(C)c1. The van der Waals surface area contributed by atoms with Gasteiger partial charge in [0.2, 0.25) is 0 Å². The Morgan fingerprint density at radius 2 is 1.75 bits per heavy atom. The smallest absolute Gasteiger partial charge is 0.0596 e. The minimum absolute atomic E-state index is 0.289. The zero-order valence-corrected chi connectivity index (χ0v) is 13.1. The van der Waals surface area contributed by atoms with Crippen LogP contribution in [0, 0.1) is 20.8 Å². The van der Waals surface area contributed by atoms with E-state index in [1.54, 1.807) is 0 Å². The third kappa shape index (κ3) is 3.25. The van der Waals surface area contributed by atoms with Gasteiger partial charge in [-0.15, -0.1) is 0 Å². The lowest BCUT2D eigenvalue weighted by atomic mass is 10.0. The van der Waals surface area contributed by atoms with Crippen molar-refractivity contribution in [2.45, 2.75) is 46.7 Å². The van der Waals surface area contributed by atoms with Crippen molar-refractivity contribution in [3.8, 4) is 0 Å². The highest BCUT2D eigenvalue weighted by Crippen LogP contribution is 2.20. The van der Waals surface area contributed by atoms with Crippen molar-refractivity contribution in [1.29, 1.82) is 0 Å². The van der Waals surface area contributed by atoms with Crippen LogP contribution in [0.25, 0.3) is 0 Å². The van der Waals surface area contributed by atoms with Gasteiger partial charge in [-0.3, -0.25) is 9.67 Å². The van der Waals surface area contributed by atoms with Crippen LogP contribution in [0.4, 0.5) is 0 Å². The van der Waals surface area contributed by atoms with Gasteiger partial charge in [0.05, 0.1) is 5.69 Å². The summed E-state index contributed by atoms with van der Waals surface area (Å²) in [7, 11) is 2.01. The van der Waals surface area contributed by atoms with Crippen molar-refractivity contribution >= 4 is 0 Å². The van der Waals surface area contributed by atoms with Crippen molar-refractivity contribution in [2.75, 3.05) is 7.05 Å². The highest BCUT2D eigenvalue weighted by molar-refractivity contribution is 5.25. The molecule has 0 radical (unpaired) electrons. The Balaban J connectivity index is 2.28. The zero-order chi connectivity index (χ0) is 14.7. The van der Waals surface area contributed by atoms with Gasteiger partial charge in [-0.1, -0.05) is 0 Å². The maximum absolute atomic E-state index is 4.52. The molecule has 0 aliphatic carbocycles. The maximum atomic E-state index is 4.52. The molecule has 0 saturated heterocycles. The maximum Gasteiger partial charge on any atom is 0.0596 e. The number of nitrogens with one attached hydrogen (secondary N) is 1. The van der Waals surface area contributed by atoms with E-state index >= 15 is 0 Å². The van der Waals surface area contributed by atoms with E-state index in [4.69, 9.17) is 0 Å². The number of aryl methyl sites for hydroxylation is 4. The van der Waals surface area contributed by atoms with Gasteiger partial charge >= 0.3 is 0 Å². The Bertz CT molecular complexity index is 566. The summed E-state index contributed by atoms with van der Waals surface area (Å²) in [6.07, 6.45) is 0.939. The average molecular weight is 272 g/mol. The first-order valence-corrected chi connectivity index (χ1v) is 7.19. The van der Waals surface area contributed by atoms with Crippen molar-refractivity contribution in [3.63, 3.8) is 0 Å². The highest BCUT2D eigenvalue weighted by atomic mass is 15.3. The van der Waals surface area contributed by atoms with Crippen molar-refractivity contribution < 1.29 is 0 Å². The second-order valence-corrected chi connectivity index (χ2v) is 5.32. The van der Waals surface area contributed by atoms with E-state index in [1.807, 2.05) is 27.8 Å². The molecule has 0 bridgehead atoms. The Kier molecular flexibility index (Phi) is 4.55. The first-order chi connectivity index (χ1) is 9.53. The van der Waals surface area contributed by atoms with E-state index in [2.05, 4.69) is 45.2 Å². The van der Waals surface area contributed by atoms with E-state index in [1.165, 1.54) is 11.3 Å². The molecule has 0 fully saturated rings. The fourth-order valence-electron chi connectivity index (χ4n) is 2.70. The number of likely N-dealkylation sites (N-methyl/N-ethyl adjacent to an activating group) is 1. The summed E-state index contributed by atoms with van der Waals surface area (Å²) in [4.78, 5) is 4.45. The number of hydrogen-bond acceptors (Lipinski definition) is 3. The van der Waals surface area contributed by atoms with Gasteiger partial charge in [-0.05, 0) is 58.5 Å². The highest BCUT2D eigenvalue weighted by Gasteiger charge is 2.14. The molecule has 0 amide bonds. The summed E-state index contributed by atoms with van der Waals surface area (Å²) in [5.74, 6) is 0. The van der Waals surface area contributed by atoms with Crippen LogP contribution in [-0.4, -0.2) is 21.8 Å². The summed E-state index contributed by atoms with van der Waals surface area (Å²) in [5.41, 5.74) is 5.79. The molecular formula is C16H24N4. The van der Waals surface area contributed by atoms with Gasteiger partial charge in [0.1, 0.15) is 0 Å². The Labute approximate surface area is 121 Å². The molecule has 0 aliphatic rings. The minimum Gasteiger partial charge on any atom is -0.313 e. The molecule has 0 aliphatic heterocycles. The second kappa shape index (κ2) is 6.18. The van der Waals surface area contributed by atoms with Crippen molar-refractivity contribution in [1.82, 2.24) is 20.1 Å². The van der Waals surface area contributed by atoms with Crippen LogP contribution in [0.5, 0.6) is 0 Å². The molecule has 0 aromatic carbocycles. The molecule has 1 atom stereocenters. The molecule has 2 heterocycles. The lowest BCUT2D eigenvalue weighted by molar-refractivity contribution is 0.540. The number of rotatable bonds is 5. The summed E-state index contributed by atoms with van der Waals surface area (Å²) in [6, 6.07) is 6.78. The van der Waals surface area contributed by atoms with E-state index in [-0.39, 0.29) is 6.04 Å². The largest absolute Gasteiger partial charge is 0.313 e. The number of hydrogen-bond donors (Lipinski definition) is 1. The predicted molar refractivity (Wildman–Crippen MR) is 81.9 cm³/mol. The lowest BCUT2D eigenvalue weighted by Crippen LogP contribution is -2.21. The predicted octanol–water partition coefficient (Wildman–Crippen LogP) is 2.73. The van der Waals surface area contributed by atoms with E-state index < -0.39 is 0 Å². The van der Waals surface area contributed by atoms with Gasteiger partial charge in [0.15, 0.2) is 0 Å². The summed E-state index contributed by atoms with van der Waals surface area (Å²) in [6.45, 7) is 9.18. The molecule has 2 aromatic heterocycles. The molecule has 1 unspecified atom stereocenters. The summed E-state index contributed by atoms with van der Waals surface area (Å²) < 4.78 is 2.08. The fourth-order valence-corrected chi connectivity index (χ4v) is 2.70. The zero-order valence-electron chi connectivity index (χ0n) is 13.1. The van der Waals surface area contributed by atoms with E-state index in [0.717, 1.165) is 30.0 Å². The standard InChI is InChI=1S/C16H24N4/c1-6-20-15(9-13(4)19-20)10-16(17-5)14-7-11(2)18-12(3)8-14/h7-9,16-17H,6,10H2,1-5H3. The molecular weight excluding hydrogens is 248 g/mol. The normalized spacial score (nSPS) is 12.7. The Hall–Kier alpha value is -1.68. The van der Waals surface area contributed by atoms with Gasteiger partial charge < -0.3 is 5.32 Å². The van der Waals surface area contributed by atoms with Crippen LogP contribution in [0.15, 0.2) is 18.2 Å². The van der Waals surface area contributed by atoms with E-state index in [0.29, 0.717) is 0 Å². The average Bonchev–Trinajstić information content (AvgIpc) is 2.74.